The summed E-state index contributed by atoms with van der Waals surface area (Å²) in [6.07, 6.45) is 4.38. The van der Waals surface area contributed by atoms with Gasteiger partial charge in [-0.15, -0.1) is 11.3 Å². The first-order valence-electron chi connectivity index (χ1n) is 15.8. The third-order valence-corrected chi connectivity index (χ3v) is 8.97. The van der Waals surface area contributed by atoms with E-state index in [2.05, 4.69) is 15.8 Å². The van der Waals surface area contributed by atoms with Crippen molar-refractivity contribution in [3.05, 3.63) is 105 Å². The SMILES string of the molecule is CCOC(=O)c1c(NC(=O)c2ccc(OC(C)C(=O)NN=Cc3ccc(OCc4ccc(C)cc4)c(OC)c3)cc2)sc2c1CCCC2. The number of carbonyl (C=O) groups is 3. The topological polar surface area (TPSA) is 125 Å². The van der Waals surface area contributed by atoms with Crippen LogP contribution in [0.5, 0.6) is 17.2 Å². The van der Waals surface area contributed by atoms with E-state index in [-0.39, 0.29) is 12.5 Å². The summed E-state index contributed by atoms with van der Waals surface area (Å²) in [7, 11) is 1.56. The predicted octanol–water partition coefficient (Wildman–Crippen LogP) is 6.87. The molecule has 0 saturated heterocycles. The summed E-state index contributed by atoms with van der Waals surface area (Å²) < 4.78 is 22.5. The number of thiophene rings is 1. The Labute approximate surface area is 284 Å². The molecule has 10 nitrogen and oxygen atoms in total. The Morgan fingerprint density at radius 1 is 0.979 bits per heavy atom. The van der Waals surface area contributed by atoms with Gasteiger partial charge in [-0.3, -0.25) is 9.59 Å². The highest BCUT2D eigenvalue weighted by atomic mass is 32.1. The van der Waals surface area contributed by atoms with Crippen molar-refractivity contribution in [1.82, 2.24) is 5.43 Å². The molecule has 5 rings (SSSR count). The average molecular weight is 670 g/mol. The monoisotopic (exact) mass is 669 g/mol. The fourth-order valence-electron chi connectivity index (χ4n) is 5.18. The van der Waals surface area contributed by atoms with Crippen LogP contribution in [0.25, 0.3) is 0 Å². The zero-order valence-electron chi connectivity index (χ0n) is 27.5. The summed E-state index contributed by atoms with van der Waals surface area (Å²) in [6.45, 7) is 6.07. The molecule has 11 heteroatoms. The maximum atomic E-state index is 13.1. The van der Waals surface area contributed by atoms with Gasteiger partial charge in [-0.05, 0) is 106 Å². The molecule has 2 N–H and O–H groups in total. The van der Waals surface area contributed by atoms with Crippen LogP contribution in [-0.4, -0.2) is 43.8 Å². The van der Waals surface area contributed by atoms with E-state index in [9.17, 15) is 14.4 Å². The van der Waals surface area contributed by atoms with Crippen LogP contribution >= 0.6 is 11.3 Å². The Kier molecular flexibility index (Phi) is 11.5. The second-order valence-electron chi connectivity index (χ2n) is 11.3. The van der Waals surface area contributed by atoms with Crippen LogP contribution in [0.4, 0.5) is 5.00 Å². The summed E-state index contributed by atoms with van der Waals surface area (Å²) in [4.78, 5) is 39.6. The predicted molar refractivity (Wildman–Crippen MR) is 186 cm³/mol. The van der Waals surface area contributed by atoms with Gasteiger partial charge >= 0.3 is 5.97 Å². The first-order valence-corrected chi connectivity index (χ1v) is 16.7. The van der Waals surface area contributed by atoms with Crippen LogP contribution < -0.4 is 25.0 Å². The van der Waals surface area contributed by atoms with E-state index in [0.717, 1.165) is 41.7 Å². The van der Waals surface area contributed by atoms with Gasteiger partial charge in [-0.25, -0.2) is 10.2 Å². The molecule has 1 aliphatic rings. The molecule has 48 heavy (non-hydrogen) atoms. The first-order chi connectivity index (χ1) is 23.2. The molecule has 1 heterocycles. The van der Waals surface area contributed by atoms with E-state index in [0.29, 0.717) is 45.5 Å². The molecule has 4 aromatic rings. The molecular formula is C37H39N3O7S. The Bertz CT molecular complexity index is 1780. The molecule has 0 radical (unpaired) electrons. The van der Waals surface area contributed by atoms with Crippen LogP contribution in [0.3, 0.4) is 0 Å². The van der Waals surface area contributed by atoms with E-state index < -0.39 is 18.0 Å². The number of aryl methyl sites for hydroxylation is 2. The van der Waals surface area contributed by atoms with E-state index in [1.807, 2.05) is 37.3 Å². The number of hydrazone groups is 1. The van der Waals surface area contributed by atoms with Crippen LogP contribution in [0.1, 0.15) is 74.5 Å². The summed E-state index contributed by atoms with van der Waals surface area (Å²) in [5.74, 6) is 0.323. The van der Waals surface area contributed by atoms with Gasteiger partial charge in [0.15, 0.2) is 17.6 Å². The minimum atomic E-state index is -0.863. The highest BCUT2D eigenvalue weighted by Crippen LogP contribution is 2.39. The lowest BCUT2D eigenvalue weighted by Crippen LogP contribution is -2.33. The highest BCUT2D eigenvalue weighted by Gasteiger charge is 2.27. The fourth-order valence-corrected chi connectivity index (χ4v) is 6.45. The minimum absolute atomic E-state index is 0.260. The second-order valence-corrected chi connectivity index (χ2v) is 12.4. The van der Waals surface area contributed by atoms with Gasteiger partial charge < -0.3 is 24.3 Å². The summed E-state index contributed by atoms with van der Waals surface area (Å²) in [5.41, 5.74) is 7.25. The van der Waals surface area contributed by atoms with Gasteiger partial charge in [0.25, 0.3) is 11.8 Å². The summed E-state index contributed by atoms with van der Waals surface area (Å²) in [5, 5.41) is 7.48. The van der Waals surface area contributed by atoms with Crippen molar-refractivity contribution in [3.8, 4) is 17.2 Å². The maximum Gasteiger partial charge on any atom is 0.341 e. The van der Waals surface area contributed by atoms with Crippen molar-refractivity contribution in [1.29, 1.82) is 0 Å². The Balaban J connectivity index is 1.13. The van der Waals surface area contributed by atoms with Crippen molar-refractivity contribution in [2.45, 2.75) is 59.2 Å². The number of benzene rings is 3. The third-order valence-electron chi connectivity index (χ3n) is 7.77. The lowest BCUT2D eigenvalue weighted by molar-refractivity contribution is -0.127. The fraction of sp³-hybridized carbons (Fsp3) is 0.297. The van der Waals surface area contributed by atoms with Crippen molar-refractivity contribution < 1.29 is 33.3 Å². The van der Waals surface area contributed by atoms with Crippen LogP contribution in [0.2, 0.25) is 0 Å². The molecule has 250 valence electrons. The molecule has 1 aromatic heterocycles. The van der Waals surface area contributed by atoms with Crippen LogP contribution in [0, 0.1) is 6.92 Å². The van der Waals surface area contributed by atoms with Crippen molar-refractivity contribution in [3.63, 3.8) is 0 Å². The lowest BCUT2D eigenvalue weighted by atomic mass is 9.95. The zero-order chi connectivity index (χ0) is 34.0. The number of nitrogens with one attached hydrogen (secondary N) is 2. The number of methoxy groups -OCH3 is 1. The summed E-state index contributed by atoms with van der Waals surface area (Å²) in [6, 6.07) is 19.9. The molecule has 0 saturated carbocycles. The quantitative estimate of drug-likeness (QED) is 0.0905. The number of esters is 1. The number of anilines is 1. The van der Waals surface area contributed by atoms with Gasteiger partial charge in [0.05, 0.1) is 25.5 Å². The van der Waals surface area contributed by atoms with Crippen LogP contribution in [-0.2, 0) is 29.0 Å². The summed E-state index contributed by atoms with van der Waals surface area (Å²) >= 11 is 1.44. The Hall–Kier alpha value is -5.16. The standard InChI is InChI=1S/C37H39N3O7S/c1-5-45-37(43)33-29-8-6-7-9-32(29)48-36(33)39-35(42)27-15-17-28(18-16-27)47-24(3)34(41)40-38-21-26-14-19-30(31(20-26)44-4)46-22-25-12-10-23(2)11-13-25/h10-21,24H,5-9,22H2,1-4H3,(H,39,42)(H,40,41). The van der Waals surface area contributed by atoms with E-state index in [1.54, 1.807) is 57.4 Å². The number of rotatable bonds is 13. The smallest absolute Gasteiger partial charge is 0.341 e. The molecule has 1 unspecified atom stereocenters. The van der Waals surface area contributed by atoms with Crippen molar-refractivity contribution in [2.24, 2.45) is 5.10 Å². The van der Waals surface area contributed by atoms with Gasteiger partial charge in [0.2, 0.25) is 0 Å². The molecule has 0 aliphatic heterocycles. The maximum absolute atomic E-state index is 13.1. The number of amides is 2. The van der Waals surface area contributed by atoms with Gasteiger partial charge in [-0.2, -0.15) is 5.10 Å². The average Bonchev–Trinajstić information content (AvgIpc) is 3.46. The molecule has 0 spiro atoms. The molecule has 0 fully saturated rings. The zero-order valence-corrected chi connectivity index (χ0v) is 28.3. The molecule has 0 bridgehead atoms. The number of ether oxygens (including phenoxy) is 4. The Morgan fingerprint density at radius 2 is 1.73 bits per heavy atom. The van der Waals surface area contributed by atoms with Gasteiger partial charge in [0, 0.05) is 10.4 Å². The van der Waals surface area contributed by atoms with E-state index in [4.69, 9.17) is 18.9 Å². The van der Waals surface area contributed by atoms with Gasteiger partial charge in [-0.1, -0.05) is 29.8 Å². The number of hydrogen-bond donors (Lipinski definition) is 2. The normalized spacial score (nSPS) is 12.9. The third kappa shape index (κ3) is 8.60. The number of hydrogen-bond acceptors (Lipinski definition) is 9. The van der Waals surface area contributed by atoms with Crippen molar-refractivity contribution in [2.75, 3.05) is 19.0 Å². The lowest BCUT2D eigenvalue weighted by Gasteiger charge is -2.14. The molecule has 1 atom stereocenters. The first kappa shape index (κ1) is 34.2. The molecule has 1 aliphatic carbocycles. The highest BCUT2D eigenvalue weighted by molar-refractivity contribution is 7.17. The Morgan fingerprint density at radius 3 is 2.46 bits per heavy atom. The largest absolute Gasteiger partial charge is 0.493 e. The van der Waals surface area contributed by atoms with Crippen LogP contribution in [0.15, 0.2) is 71.8 Å². The number of fused-ring (bicyclic) bond motifs is 1. The second kappa shape index (κ2) is 16.1. The van der Waals surface area contributed by atoms with E-state index in [1.165, 1.54) is 23.1 Å². The van der Waals surface area contributed by atoms with Crippen molar-refractivity contribution >= 4 is 40.3 Å². The minimum Gasteiger partial charge on any atom is -0.493 e. The molecular weight excluding hydrogens is 630 g/mol. The van der Waals surface area contributed by atoms with E-state index >= 15 is 0 Å². The number of carbonyl (C=O) groups excluding carboxylic acids is 3. The van der Waals surface area contributed by atoms with Gasteiger partial charge in [0.1, 0.15) is 17.4 Å². The molecule has 3 aromatic carbocycles. The number of nitrogens with zero attached hydrogens (tertiary/aromatic N) is 1. The molecule has 2 amide bonds.